The number of methoxy groups -OCH3 is 1. The SMILES string of the molecule is CO[C@@]1(C)CC[C@H](C(C)=O)O[C@@H]1CCO[Si](C(C)C)(C(C)C)C(C)C. The van der Waals surface area contributed by atoms with Crippen molar-refractivity contribution >= 4 is 14.1 Å². The van der Waals surface area contributed by atoms with Gasteiger partial charge in [-0.25, -0.2) is 0 Å². The van der Waals surface area contributed by atoms with E-state index in [1.807, 2.05) is 0 Å². The van der Waals surface area contributed by atoms with Crippen molar-refractivity contribution in [2.24, 2.45) is 0 Å². The summed E-state index contributed by atoms with van der Waals surface area (Å²) in [5.74, 6) is 0.110. The van der Waals surface area contributed by atoms with Gasteiger partial charge in [-0.05, 0) is 49.7 Å². The smallest absolute Gasteiger partial charge is 0.200 e. The van der Waals surface area contributed by atoms with E-state index in [0.717, 1.165) is 19.3 Å². The molecule has 1 rings (SSSR count). The van der Waals surface area contributed by atoms with Gasteiger partial charge in [0.1, 0.15) is 6.10 Å². The molecule has 1 saturated heterocycles. The molecule has 4 nitrogen and oxygen atoms in total. The van der Waals surface area contributed by atoms with Crippen LogP contribution in [0.1, 0.15) is 74.7 Å². The summed E-state index contributed by atoms with van der Waals surface area (Å²) in [7, 11) is -0.134. The van der Waals surface area contributed by atoms with Crippen LogP contribution in [0.5, 0.6) is 0 Å². The molecule has 3 atom stereocenters. The summed E-state index contributed by atoms with van der Waals surface area (Å²) in [6, 6.07) is 0. The number of ether oxygens (including phenoxy) is 2. The predicted octanol–water partition coefficient (Wildman–Crippen LogP) is 5.11. The summed E-state index contributed by atoms with van der Waals surface area (Å²) in [6.45, 7) is 18.2. The number of carbonyl (C=O) groups is 1. The first-order valence-electron chi connectivity index (χ1n) is 9.86. The maximum absolute atomic E-state index is 11.8. The van der Waals surface area contributed by atoms with Gasteiger partial charge >= 0.3 is 0 Å². The number of rotatable bonds is 9. The lowest BCUT2D eigenvalue weighted by Gasteiger charge is -2.45. The fourth-order valence-corrected chi connectivity index (χ4v) is 10.2. The van der Waals surface area contributed by atoms with Gasteiger partial charge in [0.25, 0.3) is 0 Å². The van der Waals surface area contributed by atoms with Crippen LogP contribution in [0.3, 0.4) is 0 Å². The van der Waals surface area contributed by atoms with Gasteiger partial charge in [-0.15, -0.1) is 0 Å². The zero-order chi connectivity index (χ0) is 19.4. The second-order valence-electron chi connectivity index (χ2n) is 8.73. The standard InChI is InChI=1S/C20H40O4Si/c1-14(2)25(15(3)4,16(5)6)23-13-11-19-20(8,22-9)12-10-18(24-19)17(7)21/h14-16,18-19H,10-13H2,1-9H3/t18-,19-,20+/m1/s1. The highest BCUT2D eigenvalue weighted by Gasteiger charge is 2.46. The van der Waals surface area contributed by atoms with Gasteiger partial charge in [0, 0.05) is 13.7 Å². The van der Waals surface area contributed by atoms with E-state index in [-0.39, 0.29) is 23.6 Å². The van der Waals surface area contributed by atoms with Crippen LogP contribution in [-0.2, 0) is 18.7 Å². The Morgan fingerprint density at radius 3 is 2.08 bits per heavy atom. The molecule has 0 saturated carbocycles. The van der Waals surface area contributed by atoms with E-state index in [9.17, 15) is 4.79 Å². The van der Waals surface area contributed by atoms with Crippen LogP contribution in [0.15, 0.2) is 0 Å². The third-order valence-electron chi connectivity index (χ3n) is 6.27. The molecule has 0 aromatic heterocycles. The molecule has 0 bridgehead atoms. The quantitative estimate of drug-likeness (QED) is 0.528. The highest BCUT2D eigenvalue weighted by Crippen LogP contribution is 2.42. The van der Waals surface area contributed by atoms with Crippen LogP contribution in [0.4, 0.5) is 0 Å². The Bertz CT molecular complexity index is 414. The van der Waals surface area contributed by atoms with E-state index in [1.165, 1.54) is 0 Å². The molecule has 0 aliphatic carbocycles. The first kappa shape index (κ1) is 22.8. The molecule has 1 aliphatic rings. The van der Waals surface area contributed by atoms with Crippen LogP contribution in [0.25, 0.3) is 0 Å². The Kier molecular flexibility index (Phi) is 8.31. The minimum absolute atomic E-state index is 0.0988. The molecule has 1 heterocycles. The van der Waals surface area contributed by atoms with E-state index in [2.05, 4.69) is 48.5 Å². The van der Waals surface area contributed by atoms with Crippen molar-refractivity contribution in [1.82, 2.24) is 0 Å². The van der Waals surface area contributed by atoms with Crippen LogP contribution in [-0.4, -0.2) is 45.6 Å². The minimum Gasteiger partial charge on any atom is -0.416 e. The monoisotopic (exact) mass is 372 g/mol. The highest BCUT2D eigenvalue weighted by molar-refractivity contribution is 6.77. The summed E-state index contributed by atoms with van der Waals surface area (Å²) >= 11 is 0. The Morgan fingerprint density at radius 2 is 1.68 bits per heavy atom. The third kappa shape index (κ3) is 4.94. The second-order valence-corrected chi connectivity index (χ2v) is 14.2. The summed E-state index contributed by atoms with van der Waals surface area (Å²) in [4.78, 5) is 11.8. The minimum atomic E-state index is -1.87. The average Bonchev–Trinajstić information content (AvgIpc) is 2.51. The normalized spacial score (nSPS) is 28.2. The molecule has 0 aromatic carbocycles. The Morgan fingerprint density at radius 1 is 1.16 bits per heavy atom. The zero-order valence-corrected chi connectivity index (χ0v) is 18.8. The van der Waals surface area contributed by atoms with Crippen molar-refractivity contribution in [3.05, 3.63) is 0 Å². The maximum Gasteiger partial charge on any atom is 0.200 e. The van der Waals surface area contributed by atoms with Gasteiger partial charge in [-0.1, -0.05) is 41.5 Å². The van der Waals surface area contributed by atoms with Crippen LogP contribution in [0, 0.1) is 0 Å². The van der Waals surface area contributed by atoms with E-state index in [4.69, 9.17) is 13.9 Å². The molecule has 5 heteroatoms. The second kappa shape index (κ2) is 9.11. The number of carbonyl (C=O) groups excluding carboxylic acids is 1. The maximum atomic E-state index is 11.8. The van der Waals surface area contributed by atoms with Crippen LogP contribution >= 0.6 is 0 Å². The largest absolute Gasteiger partial charge is 0.416 e. The topological polar surface area (TPSA) is 44.8 Å². The summed E-state index contributed by atoms with van der Waals surface area (Å²) in [6.07, 6.45) is 1.96. The summed E-state index contributed by atoms with van der Waals surface area (Å²) in [5.41, 5.74) is 1.36. The molecule has 1 aliphatic heterocycles. The Labute approximate surface area is 156 Å². The molecule has 25 heavy (non-hydrogen) atoms. The molecular formula is C20H40O4Si. The van der Waals surface area contributed by atoms with Gasteiger partial charge in [0.2, 0.25) is 0 Å². The first-order valence-corrected chi connectivity index (χ1v) is 12.0. The predicted molar refractivity (Wildman–Crippen MR) is 106 cm³/mol. The van der Waals surface area contributed by atoms with Crippen molar-refractivity contribution in [2.45, 2.75) is 109 Å². The van der Waals surface area contributed by atoms with E-state index >= 15 is 0 Å². The Balaban J connectivity index is 2.83. The van der Waals surface area contributed by atoms with Crippen molar-refractivity contribution < 1.29 is 18.7 Å². The van der Waals surface area contributed by atoms with Gasteiger partial charge < -0.3 is 13.9 Å². The number of Topliss-reactive ketones (excluding diaryl/α,β-unsaturated/α-hetero) is 1. The fraction of sp³-hybridized carbons (Fsp3) is 0.950. The first-order chi connectivity index (χ1) is 11.5. The van der Waals surface area contributed by atoms with Gasteiger partial charge in [0.15, 0.2) is 14.1 Å². The van der Waals surface area contributed by atoms with Crippen LogP contribution in [0.2, 0.25) is 16.6 Å². The summed E-state index contributed by atoms with van der Waals surface area (Å²) < 4.78 is 18.5. The molecular weight excluding hydrogens is 332 g/mol. The van der Waals surface area contributed by atoms with Crippen molar-refractivity contribution in [3.8, 4) is 0 Å². The van der Waals surface area contributed by atoms with E-state index in [1.54, 1.807) is 14.0 Å². The molecule has 0 radical (unpaired) electrons. The summed E-state index contributed by atoms with van der Waals surface area (Å²) in [5, 5.41) is 0. The fourth-order valence-electron chi connectivity index (χ4n) is 4.74. The van der Waals surface area contributed by atoms with E-state index < -0.39 is 8.32 Å². The lowest BCUT2D eigenvalue weighted by Crippen LogP contribution is -2.52. The molecule has 0 unspecified atom stereocenters. The lowest BCUT2D eigenvalue weighted by molar-refractivity contribution is -0.188. The molecule has 148 valence electrons. The van der Waals surface area contributed by atoms with Gasteiger partial charge in [0.05, 0.1) is 11.7 Å². The average molecular weight is 373 g/mol. The van der Waals surface area contributed by atoms with Crippen LogP contribution < -0.4 is 0 Å². The number of hydrogen-bond acceptors (Lipinski definition) is 4. The molecule has 1 fully saturated rings. The van der Waals surface area contributed by atoms with E-state index in [0.29, 0.717) is 23.2 Å². The third-order valence-corrected chi connectivity index (χ3v) is 12.4. The molecule has 0 spiro atoms. The van der Waals surface area contributed by atoms with Crippen molar-refractivity contribution in [3.63, 3.8) is 0 Å². The highest BCUT2D eigenvalue weighted by atomic mass is 28.4. The van der Waals surface area contributed by atoms with Crippen molar-refractivity contribution in [1.29, 1.82) is 0 Å². The van der Waals surface area contributed by atoms with Crippen molar-refractivity contribution in [2.75, 3.05) is 13.7 Å². The lowest BCUT2D eigenvalue weighted by atomic mass is 9.86. The molecule has 0 aromatic rings. The zero-order valence-electron chi connectivity index (χ0n) is 17.8. The van der Waals surface area contributed by atoms with Gasteiger partial charge in [-0.3, -0.25) is 4.79 Å². The number of ketones is 1. The molecule has 0 N–H and O–H groups in total. The number of hydrogen-bond donors (Lipinski definition) is 0. The Hall–Kier alpha value is -0.233. The van der Waals surface area contributed by atoms with Gasteiger partial charge in [-0.2, -0.15) is 0 Å². The molecule has 0 amide bonds.